The predicted octanol–water partition coefficient (Wildman–Crippen LogP) is 4.91. The molecule has 0 spiro atoms. The molecule has 1 unspecified atom stereocenters. The molecule has 2 atom stereocenters. The van der Waals surface area contributed by atoms with Crippen LogP contribution in [-0.2, 0) is 11.2 Å². The van der Waals surface area contributed by atoms with Crippen molar-refractivity contribution in [1.82, 2.24) is 20.2 Å². The van der Waals surface area contributed by atoms with Gasteiger partial charge in [-0.3, -0.25) is 9.69 Å². The molecule has 5 rings (SSSR count). The molecule has 0 saturated carbocycles. The van der Waals surface area contributed by atoms with Gasteiger partial charge in [0, 0.05) is 15.6 Å². The molecule has 39 heavy (non-hydrogen) atoms. The number of aliphatic hydroxyl groups is 1. The summed E-state index contributed by atoms with van der Waals surface area (Å²) in [7, 11) is 0. The lowest BCUT2D eigenvalue weighted by Crippen LogP contribution is -2.36. The molecule has 3 amide bonds. The van der Waals surface area contributed by atoms with Gasteiger partial charge in [0.2, 0.25) is 0 Å². The number of imide groups is 1. The molecular weight excluding hydrogens is 621 g/mol. The standard InChI is InChI=1S/C28H23F2IN4O4/c29-18-5-1-16(2-6-18)13-24(26-32-15-23(33-26)21-10-7-19(31)14-22(21)30)35-27(37)25(34-28(35)38)17-3-8-20(9-4-17)39-12-11-36/h1-10,14-15,24-25,36H,11-13H2,(H,32,33)(H,34,38)/t24?,25-/m1/s1. The number of imidazole rings is 1. The van der Waals surface area contributed by atoms with Crippen LogP contribution in [0.5, 0.6) is 5.75 Å². The van der Waals surface area contributed by atoms with E-state index >= 15 is 0 Å². The monoisotopic (exact) mass is 644 g/mol. The second kappa shape index (κ2) is 11.5. The van der Waals surface area contributed by atoms with Crippen molar-refractivity contribution in [2.75, 3.05) is 13.2 Å². The summed E-state index contributed by atoms with van der Waals surface area (Å²) in [5, 5.41) is 11.7. The van der Waals surface area contributed by atoms with Gasteiger partial charge in [-0.25, -0.2) is 18.6 Å². The number of carbonyl (C=O) groups is 2. The van der Waals surface area contributed by atoms with E-state index in [9.17, 15) is 18.4 Å². The summed E-state index contributed by atoms with van der Waals surface area (Å²) in [6, 6.07) is 14.7. The molecule has 0 bridgehead atoms. The van der Waals surface area contributed by atoms with Gasteiger partial charge in [0.25, 0.3) is 5.91 Å². The summed E-state index contributed by atoms with van der Waals surface area (Å²) in [5.74, 6) is -0.542. The van der Waals surface area contributed by atoms with Gasteiger partial charge >= 0.3 is 6.03 Å². The number of aliphatic hydroxyl groups excluding tert-OH is 1. The molecular formula is C28H23F2IN4O4. The third-order valence-electron chi connectivity index (χ3n) is 6.33. The van der Waals surface area contributed by atoms with Crippen molar-refractivity contribution in [3.05, 3.63) is 105 Å². The van der Waals surface area contributed by atoms with E-state index in [1.807, 2.05) is 22.6 Å². The number of H-pyrrole nitrogens is 1. The molecule has 2 heterocycles. The molecule has 3 N–H and O–H groups in total. The minimum absolute atomic E-state index is 0.131. The normalized spacial score (nSPS) is 15.9. The number of nitrogens with one attached hydrogen (secondary N) is 2. The fraction of sp³-hybridized carbons (Fsp3) is 0.179. The summed E-state index contributed by atoms with van der Waals surface area (Å²) in [6.45, 7) is 0.00255. The summed E-state index contributed by atoms with van der Waals surface area (Å²) in [6.07, 6.45) is 1.61. The third kappa shape index (κ3) is 5.78. The summed E-state index contributed by atoms with van der Waals surface area (Å²) >= 11 is 2.02. The number of aromatic amines is 1. The highest BCUT2D eigenvalue weighted by molar-refractivity contribution is 14.1. The molecule has 4 aromatic rings. The van der Waals surface area contributed by atoms with Gasteiger partial charge in [-0.1, -0.05) is 24.3 Å². The van der Waals surface area contributed by atoms with E-state index in [4.69, 9.17) is 9.84 Å². The molecule has 1 aliphatic rings. The highest BCUT2D eigenvalue weighted by Crippen LogP contribution is 2.33. The van der Waals surface area contributed by atoms with Crippen LogP contribution in [0.2, 0.25) is 0 Å². The highest BCUT2D eigenvalue weighted by atomic mass is 127. The first-order valence-electron chi connectivity index (χ1n) is 12.1. The van der Waals surface area contributed by atoms with Gasteiger partial charge in [0.1, 0.15) is 41.9 Å². The average Bonchev–Trinajstić information content (AvgIpc) is 3.52. The number of hydrogen-bond acceptors (Lipinski definition) is 5. The van der Waals surface area contributed by atoms with Crippen molar-refractivity contribution in [1.29, 1.82) is 0 Å². The van der Waals surface area contributed by atoms with Gasteiger partial charge < -0.3 is 20.1 Å². The van der Waals surface area contributed by atoms with Crippen LogP contribution in [0.3, 0.4) is 0 Å². The molecule has 200 valence electrons. The van der Waals surface area contributed by atoms with Gasteiger partial charge in [-0.05, 0) is 76.2 Å². The first-order chi connectivity index (χ1) is 18.8. The van der Waals surface area contributed by atoms with E-state index in [0.717, 1.165) is 8.47 Å². The first kappa shape index (κ1) is 26.8. The van der Waals surface area contributed by atoms with Crippen molar-refractivity contribution in [2.24, 2.45) is 0 Å². The quantitative estimate of drug-likeness (QED) is 0.178. The van der Waals surface area contributed by atoms with Crippen LogP contribution in [0, 0.1) is 15.2 Å². The maximum Gasteiger partial charge on any atom is 0.325 e. The number of hydrogen-bond donors (Lipinski definition) is 3. The lowest BCUT2D eigenvalue weighted by molar-refractivity contribution is -0.129. The number of carbonyl (C=O) groups excluding carboxylic acids is 2. The second-order valence-electron chi connectivity index (χ2n) is 8.88. The van der Waals surface area contributed by atoms with E-state index < -0.39 is 35.7 Å². The molecule has 1 saturated heterocycles. The number of benzene rings is 3. The van der Waals surface area contributed by atoms with Crippen molar-refractivity contribution in [3.8, 4) is 17.0 Å². The Kier molecular flexibility index (Phi) is 7.89. The summed E-state index contributed by atoms with van der Waals surface area (Å²) in [5.41, 5.74) is 1.92. The fourth-order valence-corrected chi connectivity index (χ4v) is 4.89. The lowest BCUT2D eigenvalue weighted by Gasteiger charge is -2.24. The lowest BCUT2D eigenvalue weighted by atomic mass is 10.0. The molecule has 11 heteroatoms. The maximum absolute atomic E-state index is 14.7. The van der Waals surface area contributed by atoms with E-state index in [-0.39, 0.29) is 25.5 Å². The van der Waals surface area contributed by atoms with Crippen LogP contribution in [0.15, 0.2) is 72.9 Å². The number of ether oxygens (including phenoxy) is 1. The zero-order valence-electron chi connectivity index (χ0n) is 20.4. The minimum atomic E-state index is -0.941. The molecule has 0 aliphatic carbocycles. The van der Waals surface area contributed by atoms with Crippen LogP contribution >= 0.6 is 22.6 Å². The Balaban J connectivity index is 1.47. The maximum atomic E-state index is 14.7. The largest absolute Gasteiger partial charge is 0.491 e. The van der Waals surface area contributed by atoms with E-state index in [0.29, 0.717) is 28.1 Å². The average molecular weight is 644 g/mol. The van der Waals surface area contributed by atoms with E-state index in [1.54, 1.807) is 48.5 Å². The Morgan fingerprint density at radius 3 is 2.49 bits per heavy atom. The minimum Gasteiger partial charge on any atom is -0.491 e. The number of nitrogens with zero attached hydrogens (tertiary/aromatic N) is 2. The molecule has 8 nitrogen and oxygen atoms in total. The van der Waals surface area contributed by atoms with Crippen LogP contribution in [0.4, 0.5) is 13.6 Å². The Hall–Kier alpha value is -3.84. The molecule has 3 aromatic carbocycles. The zero-order valence-corrected chi connectivity index (χ0v) is 22.6. The van der Waals surface area contributed by atoms with Crippen molar-refractivity contribution >= 4 is 34.5 Å². The highest BCUT2D eigenvalue weighted by Gasteiger charge is 2.44. The fourth-order valence-electron chi connectivity index (χ4n) is 4.44. The van der Waals surface area contributed by atoms with Crippen molar-refractivity contribution in [3.63, 3.8) is 0 Å². The van der Waals surface area contributed by atoms with Gasteiger partial charge in [-0.15, -0.1) is 0 Å². The summed E-state index contributed by atoms with van der Waals surface area (Å²) in [4.78, 5) is 35.4. The zero-order chi connectivity index (χ0) is 27.5. The Bertz CT molecular complexity index is 1490. The third-order valence-corrected chi connectivity index (χ3v) is 7.00. The Labute approximate surface area is 236 Å². The van der Waals surface area contributed by atoms with Gasteiger partial charge in [0.15, 0.2) is 0 Å². The van der Waals surface area contributed by atoms with Crippen LogP contribution in [-0.4, -0.2) is 45.1 Å². The molecule has 1 aromatic heterocycles. The number of halogens is 3. The smallest absolute Gasteiger partial charge is 0.325 e. The van der Waals surface area contributed by atoms with Crippen molar-refractivity contribution in [2.45, 2.75) is 18.5 Å². The molecule has 1 aliphatic heterocycles. The first-order valence-corrected chi connectivity index (χ1v) is 13.1. The van der Waals surface area contributed by atoms with Crippen LogP contribution in [0.25, 0.3) is 11.3 Å². The SMILES string of the molecule is O=C1N[C@H](c2ccc(OCCO)cc2)C(=O)N1C(Cc1ccc(F)cc1)c1ncc(-c2ccc(I)cc2F)[nH]1. The number of aromatic nitrogens is 2. The van der Waals surface area contributed by atoms with Crippen LogP contribution < -0.4 is 10.1 Å². The molecule has 0 radical (unpaired) electrons. The Morgan fingerprint density at radius 2 is 1.79 bits per heavy atom. The molecule has 1 fully saturated rings. The van der Waals surface area contributed by atoms with Crippen LogP contribution in [0.1, 0.15) is 29.0 Å². The van der Waals surface area contributed by atoms with Crippen molar-refractivity contribution < 1.29 is 28.2 Å². The Morgan fingerprint density at radius 1 is 1.05 bits per heavy atom. The van der Waals surface area contributed by atoms with Gasteiger partial charge in [0.05, 0.1) is 18.5 Å². The van der Waals surface area contributed by atoms with E-state index in [2.05, 4.69) is 15.3 Å². The van der Waals surface area contributed by atoms with E-state index in [1.165, 1.54) is 24.4 Å². The number of urea groups is 1. The van der Waals surface area contributed by atoms with Gasteiger partial charge in [-0.2, -0.15) is 0 Å². The number of amides is 3. The summed E-state index contributed by atoms with van der Waals surface area (Å²) < 4.78 is 34.3. The predicted molar refractivity (Wildman–Crippen MR) is 147 cm³/mol. The topological polar surface area (TPSA) is 108 Å². The number of rotatable bonds is 9. The second-order valence-corrected chi connectivity index (χ2v) is 10.1.